The van der Waals surface area contributed by atoms with Gasteiger partial charge in [-0.25, -0.2) is 9.98 Å². The van der Waals surface area contributed by atoms with Crippen molar-refractivity contribution in [1.82, 2.24) is 20.4 Å². The molecule has 0 saturated carbocycles. The highest BCUT2D eigenvalue weighted by atomic mass is 35.5. The lowest BCUT2D eigenvalue weighted by Gasteiger charge is -2.15. The molecule has 0 saturated heterocycles. The summed E-state index contributed by atoms with van der Waals surface area (Å²) in [7, 11) is 3.35. The molecule has 2 aliphatic heterocycles. The highest BCUT2D eigenvalue weighted by Crippen LogP contribution is 2.41. The first-order valence-corrected chi connectivity index (χ1v) is 16.1. The number of rotatable bonds is 4. The van der Waals surface area contributed by atoms with Crippen LogP contribution in [0.1, 0.15) is 44.8 Å². The first kappa shape index (κ1) is 31.7. The molecule has 0 spiro atoms. The second-order valence-electron chi connectivity index (χ2n) is 11.8. The normalized spacial score (nSPS) is 12.6. The number of fused-ring (bicyclic) bond motifs is 4. The van der Waals surface area contributed by atoms with E-state index in [1.165, 1.54) is 0 Å². The first-order chi connectivity index (χ1) is 23.7. The SMILES string of the molecule is COc1cc2c(cc1C)C(c1ccccc1)=Nc1c(n[nH]c1C)N2.COc1cc2c(cc1C)C(c1ccccc1Cl)=Nc1c(n[nH]c1C)N2. The second kappa shape index (κ2) is 13.0. The smallest absolute Gasteiger partial charge is 0.178 e. The molecule has 0 bridgehead atoms. The summed E-state index contributed by atoms with van der Waals surface area (Å²) in [5.41, 5.74) is 13.0. The third kappa shape index (κ3) is 5.91. The molecule has 0 atom stereocenters. The van der Waals surface area contributed by atoms with E-state index < -0.39 is 0 Å². The van der Waals surface area contributed by atoms with Crippen molar-refractivity contribution in [2.75, 3.05) is 24.9 Å². The van der Waals surface area contributed by atoms with Crippen LogP contribution in [0.15, 0.2) is 88.8 Å². The Morgan fingerprint density at radius 1 is 0.571 bits per heavy atom. The molecule has 11 heteroatoms. The number of nitrogens with one attached hydrogen (secondary N) is 4. The number of anilines is 4. The van der Waals surface area contributed by atoms with E-state index in [9.17, 15) is 0 Å². The topological polar surface area (TPSA) is 125 Å². The van der Waals surface area contributed by atoms with E-state index in [0.29, 0.717) is 10.8 Å². The van der Waals surface area contributed by atoms with E-state index in [1.807, 2.05) is 82.3 Å². The molecular weight excluding hydrogens is 636 g/mol. The largest absolute Gasteiger partial charge is 0.496 e. The van der Waals surface area contributed by atoms with E-state index in [1.54, 1.807) is 14.2 Å². The number of benzene rings is 4. The monoisotopic (exact) mass is 670 g/mol. The van der Waals surface area contributed by atoms with Crippen LogP contribution in [0.25, 0.3) is 0 Å². The van der Waals surface area contributed by atoms with Crippen molar-refractivity contribution in [3.05, 3.63) is 129 Å². The molecule has 2 aliphatic rings. The number of methoxy groups -OCH3 is 2. The number of aromatic amines is 2. The summed E-state index contributed by atoms with van der Waals surface area (Å²) in [6.07, 6.45) is 0. The Balaban J connectivity index is 0.000000154. The summed E-state index contributed by atoms with van der Waals surface area (Å²) < 4.78 is 11.0. The maximum absolute atomic E-state index is 6.47. The Hall–Kier alpha value is -5.87. The molecular formula is C38H35ClN8O2. The third-order valence-corrected chi connectivity index (χ3v) is 8.87. The fourth-order valence-corrected chi connectivity index (χ4v) is 6.21. The minimum Gasteiger partial charge on any atom is -0.496 e. The maximum atomic E-state index is 6.47. The van der Waals surface area contributed by atoms with Crippen molar-refractivity contribution in [2.45, 2.75) is 27.7 Å². The summed E-state index contributed by atoms with van der Waals surface area (Å²) in [5.74, 6) is 3.06. The van der Waals surface area contributed by atoms with Gasteiger partial charge >= 0.3 is 0 Å². The molecule has 0 radical (unpaired) electrons. The van der Waals surface area contributed by atoms with Gasteiger partial charge in [0.2, 0.25) is 0 Å². The lowest BCUT2D eigenvalue weighted by atomic mass is 9.98. The number of H-pyrrole nitrogens is 2. The van der Waals surface area contributed by atoms with Crippen molar-refractivity contribution < 1.29 is 9.47 Å². The van der Waals surface area contributed by atoms with Crippen LogP contribution in [0.5, 0.6) is 11.5 Å². The average molecular weight is 671 g/mol. The van der Waals surface area contributed by atoms with Crippen molar-refractivity contribution in [3.8, 4) is 11.5 Å². The molecule has 0 aliphatic carbocycles. The van der Waals surface area contributed by atoms with Gasteiger partial charge in [-0.3, -0.25) is 10.2 Å². The van der Waals surface area contributed by atoms with Gasteiger partial charge in [0.15, 0.2) is 11.6 Å². The van der Waals surface area contributed by atoms with E-state index in [4.69, 9.17) is 31.1 Å². The molecule has 0 fully saturated rings. The Labute approximate surface area is 289 Å². The summed E-state index contributed by atoms with van der Waals surface area (Å²) in [5, 5.41) is 22.1. The molecule has 2 aromatic heterocycles. The highest BCUT2D eigenvalue weighted by Gasteiger charge is 2.25. The Bertz CT molecular complexity index is 2270. The van der Waals surface area contributed by atoms with E-state index in [-0.39, 0.29) is 0 Å². The minimum absolute atomic E-state index is 0.658. The van der Waals surface area contributed by atoms with Gasteiger partial charge in [0, 0.05) is 39.4 Å². The Morgan fingerprint density at radius 2 is 1.06 bits per heavy atom. The quantitative estimate of drug-likeness (QED) is 0.148. The van der Waals surface area contributed by atoms with Gasteiger partial charge in [-0.1, -0.05) is 60.1 Å². The van der Waals surface area contributed by atoms with Gasteiger partial charge in [-0.2, -0.15) is 10.2 Å². The number of halogens is 1. The number of aryl methyl sites for hydroxylation is 4. The van der Waals surface area contributed by atoms with Crippen LogP contribution in [0.2, 0.25) is 5.02 Å². The Morgan fingerprint density at radius 3 is 1.59 bits per heavy atom. The predicted molar refractivity (Wildman–Crippen MR) is 197 cm³/mol. The van der Waals surface area contributed by atoms with Gasteiger partial charge in [0.1, 0.15) is 22.9 Å². The molecule has 0 amide bonds. The fourth-order valence-electron chi connectivity index (χ4n) is 5.98. The number of hydrogen-bond donors (Lipinski definition) is 4. The van der Waals surface area contributed by atoms with Gasteiger partial charge in [-0.05, 0) is 57.0 Å². The number of hydrogen-bond acceptors (Lipinski definition) is 8. The zero-order chi connectivity index (χ0) is 34.2. The fraction of sp³-hybridized carbons (Fsp3) is 0.158. The van der Waals surface area contributed by atoms with Crippen molar-refractivity contribution in [3.63, 3.8) is 0 Å². The minimum atomic E-state index is 0.658. The number of aliphatic imine (C=N–C) groups is 2. The molecule has 10 nitrogen and oxygen atoms in total. The zero-order valence-electron chi connectivity index (χ0n) is 28.0. The molecule has 4 N–H and O–H groups in total. The standard InChI is InChI=1S/C19H17ClN4O.C19H18N4O/c1-10-8-13-15(9-16(10)25-3)21-19-17(11(2)23-24-19)22-18(13)12-6-4-5-7-14(12)20;1-11-9-14-15(10-16(11)24-3)20-19-17(12(2)22-23-19)21-18(14)13-7-5-4-6-8-13/h4-9H,1-3H3,(H2,21,23,24);4-10H,1-3H3,(H2,20,22,23). The molecule has 4 aromatic carbocycles. The molecule has 6 aromatic rings. The molecule has 0 unspecified atom stereocenters. The number of aromatic nitrogens is 4. The highest BCUT2D eigenvalue weighted by molar-refractivity contribution is 6.36. The summed E-state index contributed by atoms with van der Waals surface area (Å²) in [4.78, 5) is 9.83. The second-order valence-corrected chi connectivity index (χ2v) is 12.3. The van der Waals surface area contributed by atoms with Crippen molar-refractivity contribution in [1.29, 1.82) is 0 Å². The number of ether oxygens (including phenoxy) is 2. The van der Waals surface area contributed by atoms with Crippen LogP contribution in [-0.2, 0) is 0 Å². The van der Waals surface area contributed by atoms with Gasteiger partial charge < -0.3 is 20.1 Å². The summed E-state index contributed by atoms with van der Waals surface area (Å²) in [6, 6.07) is 26.1. The van der Waals surface area contributed by atoms with E-state index in [0.717, 1.165) is 96.3 Å². The molecule has 246 valence electrons. The predicted octanol–water partition coefficient (Wildman–Crippen LogP) is 9.18. The van der Waals surface area contributed by atoms with Crippen LogP contribution in [0.4, 0.5) is 34.4 Å². The van der Waals surface area contributed by atoms with Gasteiger partial charge in [0.05, 0.1) is 48.4 Å². The van der Waals surface area contributed by atoms with Crippen LogP contribution >= 0.6 is 11.6 Å². The van der Waals surface area contributed by atoms with Crippen molar-refractivity contribution in [2.24, 2.45) is 9.98 Å². The van der Waals surface area contributed by atoms with Gasteiger partial charge in [-0.15, -0.1) is 0 Å². The number of nitrogens with zero attached hydrogens (tertiary/aromatic N) is 4. The van der Waals surface area contributed by atoms with E-state index in [2.05, 4.69) is 55.3 Å². The molecule has 49 heavy (non-hydrogen) atoms. The van der Waals surface area contributed by atoms with Crippen LogP contribution in [0, 0.1) is 27.7 Å². The lowest BCUT2D eigenvalue weighted by Crippen LogP contribution is -2.07. The summed E-state index contributed by atoms with van der Waals surface area (Å²) >= 11 is 6.47. The van der Waals surface area contributed by atoms with Crippen LogP contribution in [0.3, 0.4) is 0 Å². The summed E-state index contributed by atoms with van der Waals surface area (Å²) in [6.45, 7) is 7.97. The molecule has 4 heterocycles. The maximum Gasteiger partial charge on any atom is 0.178 e. The van der Waals surface area contributed by atoms with Crippen molar-refractivity contribution >= 4 is 57.4 Å². The van der Waals surface area contributed by atoms with Crippen LogP contribution < -0.4 is 20.1 Å². The first-order valence-electron chi connectivity index (χ1n) is 15.8. The van der Waals surface area contributed by atoms with Crippen LogP contribution in [-0.4, -0.2) is 46.0 Å². The average Bonchev–Trinajstić information content (AvgIpc) is 3.51. The zero-order valence-corrected chi connectivity index (χ0v) is 28.7. The Kier molecular flexibility index (Phi) is 8.39. The lowest BCUT2D eigenvalue weighted by molar-refractivity contribution is 0.412. The van der Waals surface area contributed by atoms with Gasteiger partial charge in [0.25, 0.3) is 0 Å². The van der Waals surface area contributed by atoms with E-state index >= 15 is 0 Å². The third-order valence-electron chi connectivity index (χ3n) is 8.54. The molecule has 8 rings (SSSR count).